The Labute approximate surface area is 154 Å². The molecule has 0 fully saturated rings. The number of rotatable bonds is 5. The third-order valence-corrected chi connectivity index (χ3v) is 6.61. The van der Waals surface area contributed by atoms with Crippen molar-refractivity contribution in [3.63, 3.8) is 0 Å². The number of benzene rings is 2. The monoisotopic (exact) mass is 395 g/mol. The maximum atomic E-state index is 13.0. The van der Waals surface area contributed by atoms with E-state index >= 15 is 0 Å². The number of hydrogen-bond acceptors (Lipinski definition) is 1. The fourth-order valence-electron chi connectivity index (χ4n) is 3.45. The van der Waals surface area contributed by atoms with Gasteiger partial charge < -0.3 is 0 Å². The third-order valence-electron chi connectivity index (χ3n) is 4.72. The molecule has 1 aliphatic carbocycles. The molecule has 0 spiro atoms. The van der Waals surface area contributed by atoms with Crippen molar-refractivity contribution in [2.24, 2.45) is 0 Å². The number of nitrogens with zero attached hydrogens (tertiary/aromatic N) is 1. The predicted molar refractivity (Wildman–Crippen MR) is 105 cm³/mol. The van der Waals surface area contributed by atoms with Crippen LogP contribution in [0.3, 0.4) is 0 Å². The molecule has 2 aromatic carbocycles. The summed E-state index contributed by atoms with van der Waals surface area (Å²) < 4.78 is 3.62. The summed E-state index contributed by atoms with van der Waals surface area (Å²) >= 11 is -0.186. The SMILES string of the molecule is O=C([Se]c1ccccc1)c1cc2ccccc2n1CC1=CCCCC1. The van der Waals surface area contributed by atoms with Crippen molar-refractivity contribution in [2.75, 3.05) is 0 Å². The number of aromatic nitrogens is 1. The van der Waals surface area contributed by atoms with Crippen LogP contribution < -0.4 is 4.46 Å². The Kier molecular flexibility index (Phi) is 4.87. The van der Waals surface area contributed by atoms with Crippen LogP contribution in [0.5, 0.6) is 0 Å². The Morgan fingerprint density at radius 1 is 1.00 bits per heavy atom. The van der Waals surface area contributed by atoms with Gasteiger partial charge in [-0.05, 0) is 0 Å². The molecule has 25 heavy (non-hydrogen) atoms. The zero-order valence-electron chi connectivity index (χ0n) is 14.2. The first-order valence-corrected chi connectivity index (χ1v) is 10.6. The summed E-state index contributed by atoms with van der Waals surface area (Å²) in [5, 5.41) is 1.16. The van der Waals surface area contributed by atoms with E-state index in [1.54, 1.807) is 0 Å². The van der Waals surface area contributed by atoms with Crippen molar-refractivity contribution < 1.29 is 4.79 Å². The van der Waals surface area contributed by atoms with Crippen LogP contribution in [-0.4, -0.2) is 24.2 Å². The van der Waals surface area contributed by atoms with E-state index < -0.39 is 0 Å². The van der Waals surface area contributed by atoms with Gasteiger partial charge in [0, 0.05) is 0 Å². The van der Waals surface area contributed by atoms with Crippen LogP contribution in [0.15, 0.2) is 72.3 Å². The summed E-state index contributed by atoms with van der Waals surface area (Å²) in [4.78, 5) is 13.0. The summed E-state index contributed by atoms with van der Waals surface area (Å²) in [6.07, 6.45) is 7.26. The van der Waals surface area contributed by atoms with E-state index in [2.05, 4.69) is 47.0 Å². The molecule has 0 radical (unpaired) electrons. The van der Waals surface area contributed by atoms with Crippen LogP contribution in [0.2, 0.25) is 0 Å². The van der Waals surface area contributed by atoms with Gasteiger partial charge in [0.2, 0.25) is 0 Å². The second kappa shape index (κ2) is 7.43. The molecular weight excluding hydrogens is 373 g/mol. The molecule has 1 aliphatic rings. The number of para-hydroxylation sites is 1. The van der Waals surface area contributed by atoms with Crippen molar-refractivity contribution in [2.45, 2.75) is 32.2 Å². The van der Waals surface area contributed by atoms with Gasteiger partial charge in [-0.25, -0.2) is 0 Å². The van der Waals surface area contributed by atoms with E-state index in [-0.39, 0.29) is 19.6 Å². The van der Waals surface area contributed by atoms with E-state index in [1.807, 2.05) is 24.3 Å². The zero-order chi connectivity index (χ0) is 17.1. The van der Waals surface area contributed by atoms with Crippen molar-refractivity contribution in [1.82, 2.24) is 4.57 Å². The van der Waals surface area contributed by atoms with Gasteiger partial charge in [-0.15, -0.1) is 0 Å². The van der Waals surface area contributed by atoms with Gasteiger partial charge in [0.05, 0.1) is 0 Å². The average Bonchev–Trinajstić information content (AvgIpc) is 3.02. The molecule has 0 amide bonds. The molecule has 0 atom stereocenters. The number of fused-ring (bicyclic) bond motifs is 1. The quantitative estimate of drug-likeness (QED) is 0.467. The summed E-state index contributed by atoms with van der Waals surface area (Å²) in [5.74, 6) is 0. The Balaban J connectivity index is 1.70. The average molecular weight is 394 g/mol. The molecule has 0 N–H and O–H groups in total. The van der Waals surface area contributed by atoms with Crippen molar-refractivity contribution in [1.29, 1.82) is 0 Å². The van der Waals surface area contributed by atoms with Crippen LogP contribution in [-0.2, 0) is 6.54 Å². The summed E-state index contributed by atoms with van der Waals surface area (Å²) in [5.41, 5.74) is 3.49. The number of carbonyl (C=O) groups excluding carboxylic acids is 1. The van der Waals surface area contributed by atoms with Gasteiger partial charge in [0.15, 0.2) is 0 Å². The van der Waals surface area contributed by atoms with Gasteiger partial charge in [0.25, 0.3) is 0 Å². The minimum atomic E-state index is -0.186. The standard InChI is InChI=1S/C22H21NOSe/c24-22(25-19-12-5-2-6-13-19)21-15-18-11-7-8-14-20(18)23(21)16-17-9-3-1-4-10-17/h2,5-9,11-15H,1,3-4,10,16H2. The molecule has 0 saturated heterocycles. The van der Waals surface area contributed by atoms with Crippen LogP contribution >= 0.6 is 0 Å². The van der Waals surface area contributed by atoms with Gasteiger partial charge >= 0.3 is 155 Å². The van der Waals surface area contributed by atoms with Crippen LogP contribution in [0.25, 0.3) is 10.9 Å². The van der Waals surface area contributed by atoms with E-state index in [9.17, 15) is 4.79 Å². The van der Waals surface area contributed by atoms with Gasteiger partial charge in [-0.1, -0.05) is 0 Å². The summed E-state index contributed by atoms with van der Waals surface area (Å²) in [6, 6.07) is 20.5. The number of hydrogen-bond donors (Lipinski definition) is 0. The first-order valence-electron chi connectivity index (χ1n) is 8.85. The van der Waals surface area contributed by atoms with Gasteiger partial charge in [-0.3, -0.25) is 0 Å². The summed E-state index contributed by atoms with van der Waals surface area (Å²) in [7, 11) is 0. The topological polar surface area (TPSA) is 22.0 Å². The molecule has 3 aromatic rings. The van der Waals surface area contributed by atoms with Crippen molar-refractivity contribution in [3.05, 3.63) is 78.0 Å². The van der Waals surface area contributed by atoms with Crippen LogP contribution in [0, 0.1) is 0 Å². The Hall–Kier alpha value is -2.09. The van der Waals surface area contributed by atoms with Crippen LogP contribution in [0.4, 0.5) is 0 Å². The van der Waals surface area contributed by atoms with Crippen LogP contribution in [0.1, 0.15) is 36.2 Å². The zero-order valence-corrected chi connectivity index (χ0v) is 15.9. The predicted octanol–water partition coefficient (Wildman–Crippen LogP) is 4.31. The number of carbonyl (C=O) groups is 1. The maximum absolute atomic E-state index is 13.0. The molecule has 1 aromatic heterocycles. The molecule has 4 rings (SSSR count). The second-order valence-corrected chi connectivity index (χ2v) is 8.68. The van der Waals surface area contributed by atoms with Crippen molar-refractivity contribution >= 4 is 35.0 Å². The van der Waals surface area contributed by atoms with Gasteiger partial charge in [-0.2, -0.15) is 0 Å². The molecule has 126 valence electrons. The molecule has 0 unspecified atom stereocenters. The van der Waals surface area contributed by atoms with Crippen molar-refractivity contribution in [3.8, 4) is 0 Å². The molecule has 0 aliphatic heterocycles. The fraction of sp³-hybridized carbons (Fsp3) is 0.227. The van der Waals surface area contributed by atoms with E-state index in [4.69, 9.17) is 0 Å². The normalized spacial score (nSPS) is 14.5. The molecule has 1 heterocycles. The van der Waals surface area contributed by atoms with E-state index in [0.29, 0.717) is 0 Å². The first kappa shape index (κ1) is 16.4. The third kappa shape index (κ3) is 3.63. The summed E-state index contributed by atoms with van der Waals surface area (Å²) in [6.45, 7) is 0.847. The minimum absolute atomic E-state index is 0.186. The molecular formula is C22H21NOSe. The number of allylic oxidation sites excluding steroid dienone is 2. The van der Waals surface area contributed by atoms with E-state index in [1.165, 1.54) is 30.4 Å². The molecule has 2 nitrogen and oxygen atoms in total. The molecule has 3 heteroatoms. The fourth-order valence-corrected chi connectivity index (χ4v) is 5.09. The Bertz CT molecular complexity index is 924. The first-order chi connectivity index (χ1) is 12.3. The Morgan fingerprint density at radius 3 is 2.60 bits per heavy atom. The molecule has 0 saturated carbocycles. The second-order valence-electron chi connectivity index (χ2n) is 6.49. The van der Waals surface area contributed by atoms with E-state index in [0.717, 1.165) is 28.5 Å². The molecule has 0 bridgehead atoms. The Morgan fingerprint density at radius 2 is 1.80 bits per heavy atom. The van der Waals surface area contributed by atoms with Gasteiger partial charge in [0.1, 0.15) is 0 Å².